The van der Waals surface area contributed by atoms with E-state index in [2.05, 4.69) is 122 Å². The van der Waals surface area contributed by atoms with Crippen LogP contribution < -0.4 is 0 Å². The van der Waals surface area contributed by atoms with Gasteiger partial charge in [0.2, 0.25) is 0 Å². The van der Waals surface area contributed by atoms with E-state index in [1.165, 1.54) is 62.3 Å². The van der Waals surface area contributed by atoms with Crippen molar-refractivity contribution in [1.29, 1.82) is 0 Å². The van der Waals surface area contributed by atoms with Crippen molar-refractivity contribution in [3.05, 3.63) is 131 Å². The Balaban J connectivity index is 1.31. The van der Waals surface area contributed by atoms with Crippen molar-refractivity contribution in [2.24, 2.45) is 17.3 Å². The Morgan fingerprint density at radius 3 is 2.70 bits per heavy atom. The summed E-state index contributed by atoms with van der Waals surface area (Å²) >= 11 is 0. The summed E-state index contributed by atoms with van der Waals surface area (Å²) in [6.07, 6.45) is 25.1. The first-order valence-corrected chi connectivity index (χ1v) is 16.4. The fourth-order valence-corrected chi connectivity index (χ4v) is 8.89. The first-order chi connectivity index (χ1) is 21.6. The Morgan fingerprint density at radius 2 is 1.77 bits per heavy atom. The van der Waals surface area contributed by atoms with Crippen LogP contribution in [-0.2, 0) is 0 Å². The fourth-order valence-electron chi connectivity index (χ4n) is 8.89. The molecule has 0 bridgehead atoms. The Morgan fingerprint density at radius 1 is 0.909 bits per heavy atom. The van der Waals surface area contributed by atoms with Gasteiger partial charge in [0.1, 0.15) is 11.2 Å². The maximum Gasteiger partial charge on any atom is 0.145 e. The van der Waals surface area contributed by atoms with E-state index in [1.54, 1.807) is 22.3 Å². The summed E-state index contributed by atoms with van der Waals surface area (Å²) in [5, 5.41) is 4.86. The smallest absolute Gasteiger partial charge is 0.145 e. The number of furan rings is 1. The molecule has 2 heterocycles. The van der Waals surface area contributed by atoms with Gasteiger partial charge in [0.15, 0.2) is 0 Å². The lowest BCUT2D eigenvalue weighted by atomic mass is 9.74. The Bertz CT molecular complexity index is 2330. The van der Waals surface area contributed by atoms with Crippen molar-refractivity contribution in [2.45, 2.75) is 46.0 Å². The van der Waals surface area contributed by atoms with Crippen molar-refractivity contribution < 1.29 is 4.42 Å². The normalized spacial score (nSPS) is 24.9. The standard InChI is InChI=1S/C42H35NO/c1-42(2)35-16-8-5-13-29(35)30-20-19-26(23-36(30)42)33-24-34-31-14-7-10-18-38(31)44-41(34)39-32-15-6-9-17-37(32)43(40(33)39)28-12-4-3-11-25-21-27(25)22-28/h4-7,9-15,17-19,22-24,27,30H,3,8,16,20-21H2,1-2H3/b12-4?,25-11-,28-22?/t27?,30-/m1/s1. The molecule has 1 saturated carbocycles. The molecule has 0 amide bonds. The first kappa shape index (κ1) is 24.8. The molecule has 214 valence electrons. The second-order valence-electron chi connectivity index (χ2n) is 13.8. The molecule has 0 saturated heterocycles. The van der Waals surface area contributed by atoms with E-state index in [4.69, 9.17) is 4.42 Å². The van der Waals surface area contributed by atoms with E-state index in [1.807, 2.05) is 0 Å². The zero-order valence-corrected chi connectivity index (χ0v) is 25.4. The monoisotopic (exact) mass is 569 g/mol. The third-order valence-electron chi connectivity index (χ3n) is 11.1. The molecule has 1 fully saturated rings. The first-order valence-electron chi connectivity index (χ1n) is 16.4. The molecule has 0 radical (unpaired) electrons. The summed E-state index contributed by atoms with van der Waals surface area (Å²) in [5.74, 6) is 1.04. The molecule has 3 aromatic carbocycles. The minimum Gasteiger partial charge on any atom is -0.455 e. The molecule has 5 aromatic rings. The van der Waals surface area contributed by atoms with Gasteiger partial charge < -0.3 is 8.98 Å². The number of benzene rings is 3. The second kappa shape index (κ2) is 8.76. The number of fused-ring (bicyclic) bond motifs is 10. The highest BCUT2D eigenvalue weighted by Crippen LogP contribution is 2.57. The molecule has 1 unspecified atom stereocenters. The molecule has 0 N–H and O–H groups in total. The van der Waals surface area contributed by atoms with Crippen LogP contribution in [0.5, 0.6) is 0 Å². The number of para-hydroxylation sites is 2. The summed E-state index contributed by atoms with van der Waals surface area (Å²) in [6.45, 7) is 4.92. The highest BCUT2D eigenvalue weighted by molar-refractivity contribution is 6.26. The van der Waals surface area contributed by atoms with E-state index in [-0.39, 0.29) is 5.41 Å². The summed E-state index contributed by atoms with van der Waals surface area (Å²) < 4.78 is 9.29. The second-order valence-corrected chi connectivity index (χ2v) is 13.8. The zero-order chi connectivity index (χ0) is 29.2. The molecular weight excluding hydrogens is 534 g/mol. The molecule has 44 heavy (non-hydrogen) atoms. The van der Waals surface area contributed by atoms with Crippen LogP contribution in [0.1, 0.15) is 51.5 Å². The van der Waals surface area contributed by atoms with Gasteiger partial charge in [-0.2, -0.15) is 0 Å². The van der Waals surface area contributed by atoms with Crippen LogP contribution in [0.4, 0.5) is 0 Å². The molecule has 2 nitrogen and oxygen atoms in total. The zero-order valence-electron chi connectivity index (χ0n) is 25.4. The number of aromatic nitrogens is 1. The Kier molecular flexibility index (Phi) is 4.94. The highest BCUT2D eigenvalue weighted by atomic mass is 16.3. The Labute approximate surface area is 257 Å². The van der Waals surface area contributed by atoms with Crippen LogP contribution >= 0.6 is 0 Å². The number of rotatable bonds is 2. The van der Waals surface area contributed by atoms with Crippen molar-refractivity contribution in [3.8, 4) is 0 Å². The van der Waals surface area contributed by atoms with Gasteiger partial charge >= 0.3 is 0 Å². The third kappa shape index (κ3) is 3.32. The van der Waals surface area contributed by atoms with E-state index >= 15 is 0 Å². The van der Waals surface area contributed by atoms with Crippen LogP contribution in [0.2, 0.25) is 0 Å². The molecule has 5 aliphatic carbocycles. The number of hydrogen-bond acceptors (Lipinski definition) is 1. The molecule has 2 atom stereocenters. The minimum atomic E-state index is 0.0854. The maximum atomic E-state index is 6.75. The van der Waals surface area contributed by atoms with Crippen LogP contribution in [0.25, 0.3) is 55.0 Å². The quantitative estimate of drug-likeness (QED) is 0.193. The predicted molar refractivity (Wildman–Crippen MR) is 184 cm³/mol. The molecule has 0 spiro atoms. The van der Waals surface area contributed by atoms with Gasteiger partial charge in [-0.1, -0.05) is 109 Å². The number of nitrogens with zero attached hydrogens (tertiary/aromatic N) is 1. The van der Waals surface area contributed by atoms with Gasteiger partial charge in [-0.15, -0.1) is 0 Å². The van der Waals surface area contributed by atoms with Crippen molar-refractivity contribution in [1.82, 2.24) is 4.57 Å². The molecule has 2 heteroatoms. The van der Waals surface area contributed by atoms with E-state index in [0.29, 0.717) is 11.8 Å². The average molecular weight is 570 g/mol. The van der Waals surface area contributed by atoms with Gasteiger partial charge in [-0.25, -0.2) is 0 Å². The van der Waals surface area contributed by atoms with Crippen molar-refractivity contribution >= 4 is 55.0 Å². The lowest BCUT2D eigenvalue weighted by Crippen LogP contribution is -2.17. The SMILES string of the molecule is CC1(C)C2=CC(c3cc4c5ccccc5oc4c4c5ccccc5n(C5=CC6C/C6=C/CC=C5)c34)=CC[C@@H]2C2=C1CCC=C2. The summed E-state index contributed by atoms with van der Waals surface area (Å²) in [7, 11) is 0. The number of hydrogen-bond donors (Lipinski definition) is 0. The van der Waals surface area contributed by atoms with Gasteiger partial charge in [-0.3, -0.25) is 0 Å². The molecule has 0 aliphatic heterocycles. The average Bonchev–Trinajstić information content (AvgIpc) is 3.41. The highest BCUT2D eigenvalue weighted by Gasteiger charge is 2.43. The Hall–Kier alpha value is -4.56. The van der Waals surface area contributed by atoms with Crippen LogP contribution in [-0.4, -0.2) is 4.57 Å². The molecule has 5 aliphatic rings. The van der Waals surface area contributed by atoms with Crippen LogP contribution in [0.15, 0.2) is 130 Å². The van der Waals surface area contributed by atoms with E-state index < -0.39 is 0 Å². The van der Waals surface area contributed by atoms with Gasteiger partial charge in [0.25, 0.3) is 0 Å². The third-order valence-corrected chi connectivity index (χ3v) is 11.1. The summed E-state index contributed by atoms with van der Waals surface area (Å²) in [4.78, 5) is 0. The van der Waals surface area contributed by atoms with Gasteiger partial charge in [-0.05, 0) is 67.5 Å². The largest absolute Gasteiger partial charge is 0.455 e. The van der Waals surface area contributed by atoms with E-state index in [9.17, 15) is 0 Å². The lowest BCUT2D eigenvalue weighted by Gasteiger charge is -2.29. The van der Waals surface area contributed by atoms with Gasteiger partial charge in [0, 0.05) is 44.7 Å². The molecule has 2 aromatic heterocycles. The minimum absolute atomic E-state index is 0.0854. The van der Waals surface area contributed by atoms with Crippen LogP contribution in [0.3, 0.4) is 0 Å². The molecule has 10 rings (SSSR count). The van der Waals surface area contributed by atoms with Crippen molar-refractivity contribution in [2.75, 3.05) is 0 Å². The van der Waals surface area contributed by atoms with Crippen LogP contribution in [0, 0.1) is 17.3 Å². The van der Waals surface area contributed by atoms with Gasteiger partial charge in [0.05, 0.1) is 16.4 Å². The predicted octanol–water partition coefficient (Wildman–Crippen LogP) is 11.5. The lowest BCUT2D eigenvalue weighted by molar-refractivity contribution is 0.506. The summed E-state index contributed by atoms with van der Waals surface area (Å²) in [6, 6.07) is 19.9. The van der Waals surface area contributed by atoms with Crippen molar-refractivity contribution in [3.63, 3.8) is 0 Å². The fraction of sp³-hybridized carbons (Fsp3) is 0.238. The van der Waals surface area contributed by atoms with E-state index in [0.717, 1.165) is 30.4 Å². The number of allylic oxidation sites excluding steroid dienone is 14. The summed E-state index contributed by atoms with van der Waals surface area (Å²) in [5.41, 5.74) is 14.8. The maximum absolute atomic E-state index is 6.75. The molecular formula is C42H35NO. The topological polar surface area (TPSA) is 18.1 Å².